The zero-order chi connectivity index (χ0) is 18.1. The van der Waals surface area contributed by atoms with Crippen molar-refractivity contribution < 1.29 is 14.7 Å². The second-order valence-electron chi connectivity index (χ2n) is 6.20. The van der Waals surface area contributed by atoms with Gasteiger partial charge in [0, 0.05) is 12.2 Å². The summed E-state index contributed by atoms with van der Waals surface area (Å²) in [6, 6.07) is 13.3. The van der Waals surface area contributed by atoms with E-state index in [0.717, 1.165) is 17.5 Å². The van der Waals surface area contributed by atoms with E-state index in [1.807, 2.05) is 47.9 Å². The number of benzene rings is 2. The summed E-state index contributed by atoms with van der Waals surface area (Å²) in [6.07, 6.45) is 0.748. The maximum atomic E-state index is 12.5. The van der Waals surface area contributed by atoms with Gasteiger partial charge in [0.25, 0.3) is 11.7 Å². The number of primary amides is 1. The van der Waals surface area contributed by atoms with Crippen molar-refractivity contribution in [1.29, 1.82) is 0 Å². The fraction of sp³-hybridized carbons (Fsp3) is 0.200. The van der Waals surface area contributed by atoms with Crippen LogP contribution in [0.4, 0.5) is 0 Å². The van der Waals surface area contributed by atoms with Gasteiger partial charge in [-0.05, 0) is 43.5 Å². The maximum Gasteiger partial charge on any atom is 0.289 e. The second kappa shape index (κ2) is 6.43. The Hall–Kier alpha value is -3.08. The van der Waals surface area contributed by atoms with Gasteiger partial charge in [0.15, 0.2) is 5.75 Å². The molecule has 5 heteroatoms. The molecule has 3 rings (SSSR count). The highest BCUT2D eigenvalue weighted by Crippen LogP contribution is 2.35. The Morgan fingerprint density at radius 1 is 1.08 bits per heavy atom. The SMILES string of the molecule is Cc1cc([O])c2c(C(=O)C(N)=O)c(C)n(CCc3ccccc3)c2c1. The molecular weight excluding hydrogens is 316 g/mol. The van der Waals surface area contributed by atoms with Crippen molar-refractivity contribution >= 4 is 22.6 Å². The van der Waals surface area contributed by atoms with Gasteiger partial charge in [-0.3, -0.25) is 14.7 Å². The first-order chi connectivity index (χ1) is 11.9. The van der Waals surface area contributed by atoms with E-state index in [1.54, 1.807) is 6.92 Å². The van der Waals surface area contributed by atoms with Gasteiger partial charge in [-0.15, -0.1) is 0 Å². The van der Waals surface area contributed by atoms with E-state index in [9.17, 15) is 14.7 Å². The summed E-state index contributed by atoms with van der Waals surface area (Å²) in [4.78, 5) is 23.7. The Bertz CT molecular complexity index is 972. The third kappa shape index (κ3) is 3.01. The number of aryl methyl sites for hydroxylation is 3. The Kier molecular flexibility index (Phi) is 4.31. The summed E-state index contributed by atoms with van der Waals surface area (Å²) in [7, 11) is 0. The lowest BCUT2D eigenvalue weighted by atomic mass is 10.0. The Morgan fingerprint density at radius 3 is 2.40 bits per heavy atom. The maximum absolute atomic E-state index is 12.5. The summed E-state index contributed by atoms with van der Waals surface area (Å²) in [6.45, 7) is 4.18. The molecule has 127 valence electrons. The van der Waals surface area contributed by atoms with E-state index in [0.29, 0.717) is 17.8 Å². The van der Waals surface area contributed by atoms with Crippen LogP contribution in [0.1, 0.15) is 27.2 Å². The summed E-state index contributed by atoms with van der Waals surface area (Å²) >= 11 is 0. The first-order valence-corrected chi connectivity index (χ1v) is 8.08. The average Bonchev–Trinajstić information content (AvgIpc) is 2.85. The van der Waals surface area contributed by atoms with Gasteiger partial charge in [-0.1, -0.05) is 30.3 Å². The number of hydrogen-bond donors (Lipinski definition) is 1. The largest absolute Gasteiger partial charge is 0.363 e. The predicted molar refractivity (Wildman–Crippen MR) is 95.2 cm³/mol. The molecule has 0 aliphatic carbocycles. The quantitative estimate of drug-likeness (QED) is 0.573. The van der Waals surface area contributed by atoms with Gasteiger partial charge >= 0.3 is 0 Å². The second-order valence-corrected chi connectivity index (χ2v) is 6.20. The molecule has 0 saturated heterocycles. The standard InChI is InChI=1S/C20H19N2O3/c1-12-10-15-18(16(23)11-12)17(19(24)20(21)25)13(2)22(15)9-8-14-6-4-3-5-7-14/h3-7,10-11H,8-9H2,1-2H3,(H2,21,25). The van der Waals surface area contributed by atoms with Gasteiger partial charge < -0.3 is 10.3 Å². The Morgan fingerprint density at radius 2 is 1.76 bits per heavy atom. The normalized spacial score (nSPS) is 11.0. The molecule has 3 aromatic rings. The number of carbonyl (C=O) groups is 2. The number of fused-ring (bicyclic) bond motifs is 1. The van der Waals surface area contributed by atoms with Crippen molar-refractivity contribution in [3.8, 4) is 5.75 Å². The Labute approximate surface area is 145 Å². The number of rotatable bonds is 5. The van der Waals surface area contributed by atoms with Crippen molar-refractivity contribution in [3.05, 3.63) is 64.8 Å². The van der Waals surface area contributed by atoms with E-state index in [4.69, 9.17) is 5.73 Å². The molecule has 25 heavy (non-hydrogen) atoms. The van der Waals surface area contributed by atoms with E-state index in [-0.39, 0.29) is 16.7 Å². The summed E-state index contributed by atoms with van der Waals surface area (Å²) in [5.41, 5.74) is 8.54. The molecule has 0 atom stereocenters. The number of amides is 1. The van der Waals surface area contributed by atoms with Crippen molar-refractivity contribution in [3.63, 3.8) is 0 Å². The zero-order valence-corrected chi connectivity index (χ0v) is 14.2. The molecular formula is C20H19N2O3. The highest BCUT2D eigenvalue weighted by atomic mass is 16.3. The molecule has 5 nitrogen and oxygen atoms in total. The third-order valence-electron chi connectivity index (χ3n) is 4.45. The molecule has 2 aromatic carbocycles. The van der Waals surface area contributed by atoms with Crippen LogP contribution >= 0.6 is 0 Å². The van der Waals surface area contributed by atoms with E-state index < -0.39 is 11.7 Å². The first-order valence-electron chi connectivity index (χ1n) is 8.08. The molecule has 0 saturated carbocycles. The molecule has 0 bridgehead atoms. The Balaban J connectivity index is 2.16. The van der Waals surface area contributed by atoms with Crippen LogP contribution < -0.4 is 5.73 Å². The number of nitrogens with zero attached hydrogens (tertiary/aromatic N) is 1. The van der Waals surface area contributed by atoms with Gasteiger partial charge in [0.1, 0.15) is 0 Å². The zero-order valence-electron chi connectivity index (χ0n) is 14.2. The van der Waals surface area contributed by atoms with Crippen molar-refractivity contribution in [1.82, 2.24) is 4.57 Å². The molecule has 2 N–H and O–H groups in total. The average molecular weight is 335 g/mol. The lowest BCUT2D eigenvalue weighted by molar-refractivity contribution is -0.114. The van der Waals surface area contributed by atoms with Crippen LogP contribution in [0, 0.1) is 13.8 Å². The van der Waals surface area contributed by atoms with Crippen LogP contribution in [0.15, 0.2) is 42.5 Å². The molecule has 0 unspecified atom stereocenters. The minimum absolute atomic E-state index is 0.126. The van der Waals surface area contributed by atoms with E-state index >= 15 is 0 Å². The van der Waals surface area contributed by atoms with E-state index in [2.05, 4.69) is 0 Å². The van der Waals surface area contributed by atoms with E-state index in [1.165, 1.54) is 6.07 Å². The molecule has 0 fully saturated rings. The van der Waals surface area contributed by atoms with Crippen LogP contribution in [0.25, 0.3) is 10.9 Å². The number of ketones is 1. The van der Waals surface area contributed by atoms with Gasteiger partial charge in [-0.2, -0.15) is 0 Å². The van der Waals surface area contributed by atoms with Crippen molar-refractivity contribution in [2.24, 2.45) is 5.73 Å². The number of hydrogen-bond acceptors (Lipinski definition) is 2. The summed E-state index contributed by atoms with van der Waals surface area (Å²) in [5.74, 6) is -2.13. The fourth-order valence-electron chi connectivity index (χ4n) is 3.27. The fourth-order valence-corrected chi connectivity index (χ4v) is 3.27. The minimum atomic E-state index is -1.05. The molecule has 1 radical (unpaired) electrons. The van der Waals surface area contributed by atoms with Gasteiger partial charge in [0.05, 0.1) is 16.5 Å². The number of carbonyl (C=O) groups excluding carboxylic acids is 2. The van der Waals surface area contributed by atoms with Gasteiger partial charge in [-0.25, -0.2) is 0 Å². The highest BCUT2D eigenvalue weighted by Gasteiger charge is 2.26. The number of Topliss-reactive ketones (excluding diaryl/α,β-unsaturated/α-hetero) is 1. The van der Waals surface area contributed by atoms with Gasteiger partial charge in [0.2, 0.25) is 0 Å². The summed E-state index contributed by atoms with van der Waals surface area (Å²) in [5, 5.41) is 12.7. The lowest BCUT2D eigenvalue weighted by Gasteiger charge is -2.09. The first kappa shape index (κ1) is 16.8. The topological polar surface area (TPSA) is 85.0 Å². The highest BCUT2D eigenvalue weighted by molar-refractivity contribution is 6.45. The molecule has 0 aliphatic heterocycles. The molecule has 1 aromatic heterocycles. The molecule has 0 aliphatic rings. The van der Waals surface area contributed by atoms with Crippen LogP contribution in [0.2, 0.25) is 0 Å². The number of aromatic nitrogens is 1. The predicted octanol–water partition coefficient (Wildman–Crippen LogP) is 3.31. The summed E-state index contributed by atoms with van der Waals surface area (Å²) < 4.78 is 1.92. The minimum Gasteiger partial charge on any atom is -0.363 e. The van der Waals surface area contributed by atoms with Crippen LogP contribution in [0.3, 0.4) is 0 Å². The van der Waals surface area contributed by atoms with Crippen molar-refractivity contribution in [2.75, 3.05) is 0 Å². The van der Waals surface area contributed by atoms with Crippen molar-refractivity contribution in [2.45, 2.75) is 26.8 Å². The monoisotopic (exact) mass is 335 g/mol. The molecule has 0 spiro atoms. The molecule has 1 heterocycles. The third-order valence-corrected chi connectivity index (χ3v) is 4.45. The lowest BCUT2D eigenvalue weighted by Crippen LogP contribution is -2.23. The van der Waals surface area contributed by atoms with Crippen LogP contribution in [0.5, 0.6) is 5.75 Å². The van der Waals surface area contributed by atoms with Crippen LogP contribution in [-0.4, -0.2) is 16.3 Å². The number of nitrogens with two attached hydrogens (primary N) is 1. The van der Waals surface area contributed by atoms with Crippen LogP contribution in [-0.2, 0) is 22.9 Å². The smallest absolute Gasteiger partial charge is 0.289 e. The molecule has 1 amide bonds.